The number of nitrogens with one attached hydrogen (secondary N) is 2. The lowest BCUT2D eigenvalue weighted by Gasteiger charge is -2.20. The van der Waals surface area contributed by atoms with Crippen LogP contribution in [-0.4, -0.2) is 31.2 Å². The van der Waals surface area contributed by atoms with Crippen LogP contribution in [0.15, 0.2) is 70.2 Å². The maximum atomic E-state index is 12.8. The second-order valence-electron chi connectivity index (χ2n) is 9.10. The van der Waals surface area contributed by atoms with E-state index in [0.29, 0.717) is 33.7 Å². The van der Waals surface area contributed by atoms with Gasteiger partial charge in [0.15, 0.2) is 11.5 Å². The number of nitrogens with zero attached hydrogens (tertiary/aromatic N) is 1. The Labute approximate surface area is 226 Å². The van der Waals surface area contributed by atoms with Gasteiger partial charge >= 0.3 is 0 Å². The van der Waals surface area contributed by atoms with Crippen molar-refractivity contribution in [3.05, 3.63) is 93.0 Å². The van der Waals surface area contributed by atoms with E-state index in [1.54, 1.807) is 25.3 Å². The number of carbonyl (C=O) groups excluding carboxylic acids is 2. The fraction of sp³-hybridized carbons (Fsp3) is 0.276. The standard InChI is InChI=1S/C29H32BrN3O4/c1-18(2)26(32-28(34)23-12-8-20(4)9-13-23)29(35)33-31-16-22-14-24(30)27(25(15-22)36-5)37-17-21-10-6-19(3)7-11-21/h6-16,18,26H,17H2,1-5H3,(H,32,34)(H,33,35)/b31-16-. The summed E-state index contributed by atoms with van der Waals surface area (Å²) in [5, 5.41) is 6.89. The van der Waals surface area contributed by atoms with Crippen molar-refractivity contribution >= 4 is 34.0 Å². The number of hydrogen-bond acceptors (Lipinski definition) is 5. The van der Waals surface area contributed by atoms with E-state index in [1.165, 1.54) is 11.8 Å². The molecular formula is C29H32BrN3O4. The molecule has 0 radical (unpaired) electrons. The number of hydrazone groups is 1. The molecule has 3 aromatic rings. The molecule has 3 rings (SSSR count). The van der Waals surface area contributed by atoms with Crippen molar-refractivity contribution in [1.82, 2.24) is 10.7 Å². The van der Waals surface area contributed by atoms with Crippen LogP contribution in [-0.2, 0) is 11.4 Å². The lowest BCUT2D eigenvalue weighted by atomic mass is 10.0. The molecule has 37 heavy (non-hydrogen) atoms. The summed E-state index contributed by atoms with van der Waals surface area (Å²) in [6, 6.07) is 18.1. The number of halogens is 1. The van der Waals surface area contributed by atoms with Crippen molar-refractivity contribution in [2.45, 2.75) is 40.3 Å². The topological polar surface area (TPSA) is 89.0 Å². The largest absolute Gasteiger partial charge is 0.493 e. The predicted octanol–water partition coefficient (Wildman–Crippen LogP) is 5.56. The first-order valence-electron chi connectivity index (χ1n) is 11.9. The van der Waals surface area contributed by atoms with Gasteiger partial charge in [-0.05, 0) is 71.1 Å². The molecule has 194 valence electrons. The van der Waals surface area contributed by atoms with E-state index in [-0.39, 0.29) is 11.8 Å². The van der Waals surface area contributed by atoms with Crippen LogP contribution in [0.25, 0.3) is 0 Å². The van der Waals surface area contributed by atoms with Crippen LogP contribution < -0.4 is 20.2 Å². The van der Waals surface area contributed by atoms with Gasteiger partial charge in [0.1, 0.15) is 12.6 Å². The fourth-order valence-corrected chi connectivity index (χ4v) is 4.07. The summed E-state index contributed by atoms with van der Waals surface area (Å²) >= 11 is 3.54. The van der Waals surface area contributed by atoms with Crippen molar-refractivity contribution in [1.29, 1.82) is 0 Å². The van der Waals surface area contributed by atoms with E-state index in [0.717, 1.165) is 11.1 Å². The van der Waals surface area contributed by atoms with Crippen molar-refractivity contribution in [3.63, 3.8) is 0 Å². The maximum Gasteiger partial charge on any atom is 0.262 e. The van der Waals surface area contributed by atoms with Crippen molar-refractivity contribution < 1.29 is 19.1 Å². The third kappa shape index (κ3) is 7.92. The van der Waals surface area contributed by atoms with Gasteiger partial charge in [-0.2, -0.15) is 5.10 Å². The molecule has 8 heteroatoms. The number of hydrogen-bond donors (Lipinski definition) is 2. The zero-order chi connectivity index (χ0) is 26.9. The highest BCUT2D eigenvalue weighted by Crippen LogP contribution is 2.36. The summed E-state index contributed by atoms with van der Waals surface area (Å²) in [6.07, 6.45) is 1.51. The Kier molecular flexibility index (Phi) is 9.85. The molecular weight excluding hydrogens is 534 g/mol. The number of rotatable bonds is 10. The molecule has 2 amide bonds. The van der Waals surface area contributed by atoms with Crippen LogP contribution in [0.1, 0.15) is 46.5 Å². The number of ether oxygens (including phenoxy) is 2. The predicted molar refractivity (Wildman–Crippen MR) is 149 cm³/mol. The zero-order valence-electron chi connectivity index (χ0n) is 21.7. The van der Waals surface area contributed by atoms with E-state index in [2.05, 4.69) is 31.8 Å². The van der Waals surface area contributed by atoms with Crippen molar-refractivity contribution in [2.75, 3.05) is 7.11 Å². The van der Waals surface area contributed by atoms with Gasteiger partial charge in [0, 0.05) is 5.56 Å². The second kappa shape index (κ2) is 13.1. The van der Waals surface area contributed by atoms with Crippen LogP contribution in [0.2, 0.25) is 0 Å². The number of methoxy groups -OCH3 is 1. The lowest BCUT2D eigenvalue weighted by Crippen LogP contribution is -2.48. The average Bonchev–Trinajstić information content (AvgIpc) is 2.87. The monoisotopic (exact) mass is 565 g/mol. The summed E-state index contributed by atoms with van der Waals surface area (Å²) in [7, 11) is 1.56. The van der Waals surface area contributed by atoms with Crippen LogP contribution in [0.3, 0.4) is 0 Å². The van der Waals surface area contributed by atoms with Gasteiger partial charge in [-0.1, -0.05) is 61.4 Å². The zero-order valence-corrected chi connectivity index (χ0v) is 23.3. The summed E-state index contributed by atoms with van der Waals surface area (Å²) in [5.41, 5.74) is 7.00. The molecule has 0 aliphatic carbocycles. The molecule has 0 heterocycles. The summed E-state index contributed by atoms with van der Waals surface area (Å²) in [5.74, 6) is 0.245. The summed E-state index contributed by atoms with van der Waals surface area (Å²) in [4.78, 5) is 25.4. The highest BCUT2D eigenvalue weighted by Gasteiger charge is 2.24. The Morgan fingerprint density at radius 1 is 1.00 bits per heavy atom. The molecule has 0 spiro atoms. The van der Waals surface area contributed by atoms with E-state index in [1.807, 2.05) is 70.2 Å². The van der Waals surface area contributed by atoms with Gasteiger partial charge < -0.3 is 14.8 Å². The minimum atomic E-state index is -0.746. The van der Waals surface area contributed by atoms with Gasteiger partial charge in [-0.3, -0.25) is 9.59 Å². The molecule has 0 aliphatic heterocycles. The Hall–Kier alpha value is -3.65. The fourth-order valence-electron chi connectivity index (χ4n) is 3.50. The Balaban J connectivity index is 1.65. The molecule has 3 aromatic carbocycles. The molecule has 0 aliphatic rings. The Bertz CT molecular complexity index is 1260. The number of amides is 2. The van der Waals surface area contributed by atoms with E-state index < -0.39 is 11.9 Å². The van der Waals surface area contributed by atoms with Crippen LogP contribution in [0.4, 0.5) is 0 Å². The summed E-state index contributed by atoms with van der Waals surface area (Å²) < 4.78 is 12.2. The summed E-state index contributed by atoms with van der Waals surface area (Å²) in [6.45, 7) is 8.10. The molecule has 0 fully saturated rings. The first kappa shape index (κ1) is 27.9. The normalized spacial score (nSPS) is 11.9. The number of benzene rings is 3. The molecule has 0 saturated heterocycles. The van der Waals surface area contributed by atoms with E-state index in [4.69, 9.17) is 9.47 Å². The number of aryl methyl sites for hydroxylation is 2. The molecule has 1 unspecified atom stereocenters. The van der Waals surface area contributed by atoms with Gasteiger partial charge in [0.25, 0.3) is 11.8 Å². The smallest absolute Gasteiger partial charge is 0.262 e. The molecule has 0 bridgehead atoms. The number of carbonyl (C=O) groups is 2. The maximum absolute atomic E-state index is 12.8. The Morgan fingerprint density at radius 3 is 2.22 bits per heavy atom. The molecule has 1 atom stereocenters. The van der Waals surface area contributed by atoms with Crippen molar-refractivity contribution in [3.8, 4) is 11.5 Å². The SMILES string of the molecule is COc1cc(/C=N\NC(=O)C(NC(=O)c2ccc(C)cc2)C(C)C)cc(Br)c1OCc1ccc(C)cc1. The highest BCUT2D eigenvalue weighted by molar-refractivity contribution is 9.10. The quantitative estimate of drug-likeness (QED) is 0.249. The first-order valence-corrected chi connectivity index (χ1v) is 12.7. The lowest BCUT2D eigenvalue weighted by molar-refractivity contribution is -0.123. The Morgan fingerprint density at radius 2 is 1.62 bits per heavy atom. The van der Waals surface area contributed by atoms with Crippen molar-refractivity contribution in [2.24, 2.45) is 11.0 Å². The van der Waals surface area contributed by atoms with E-state index >= 15 is 0 Å². The molecule has 0 saturated carbocycles. The second-order valence-corrected chi connectivity index (χ2v) is 9.96. The van der Waals surface area contributed by atoms with E-state index in [9.17, 15) is 9.59 Å². The van der Waals surface area contributed by atoms with Gasteiger partial charge in [-0.15, -0.1) is 0 Å². The molecule has 2 N–H and O–H groups in total. The average molecular weight is 566 g/mol. The minimum absolute atomic E-state index is 0.135. The molecule has 0 aromatic heterocycles. The minimum Gasteiger partial charge on any atom is -0.493 e. The third-order valence-corrected chi connectivity index (χ3v) is 6.28. The van der Waals surface area contributed by atoms with Crippen LogP contribution in [0, 0.1) is 19.8 Å². The third-order valence-electron chi connectivity index (χ3n) is 5.69. The van der Waals surface area contributed by atoms with Gasteiger partial charge in [0.05, 0.1) is 17.8 Å². The van der Waals surface area contributed by atoms with Gasteiger partial charge in [0.2, 0.25) is 0 Å². The van der Waals surface area contributed by atoms with Gasteiger partial charge in [-0.25, -0.2) is 5.43 Å². The highest BCUT2D eigenvalue weighted by atomic mass is 79.9. The van der Waals surface area contributed by atoms with Crippen LogP contribution in [0.5, 0.6) is 11.5 Å². The first-order chi connectivity index (χ1) is 17.7. The van der Waals surface area contributed by atoms with Crippen LogP contribution >= 0.6 is 15.9 Å². The molecule has 7 nitrogen and oxygen atoms in total.